The summed E-state index contributed by atoms with van der Waals surface area (Å²) >= 11 is 0. The lowest BCUT2D eigenvalue weighted by atomic mass is 10.1. The van der Waals surface area contributed by atoms with Crippen LogP contribution in [0.3, 0.4) is 0 Å². The van der Waals surface area contributed by atoms with Crippen LogP contribution in [0.5, 0.6) is 0 Å². The number of hydrogen-bond donors (Lipinski definition) is 0. The third-order valence-corrected chi connectivity index (χ3v) is 1.90. The molecule has 1 radical (unpaired) electrons. The van der Waals surface area contributed by atoms with E-state index in [1.54, 1.807) is 0 Å². The second kappa shape index (κ2) is 6.90. The van der Waals surface area contributed by atoms with Crippen LogP contribution in [0.1, 0.15) is 32.1 Å². The van der Waals surface area contributed by atoms with Crippen LogP contribution in [0.4, 0.5) is 0 Å². The van der Waals surface area contributed by atoms with E-state index in [0.717, 1.165) is 12.8 Å². The molecule has 1 rings (SSSR count). The van der Waals surface area contributed by atoms with Gasteiger partial charge in [-0.25, -0.2) is 0 Å². The zero-order valence-corrected chi connectivity index (χ0v) is 7.58. The van der Waals surface area contributed by atoms with E-state index in [1.807, 2.05) is 0 Å². The van der Waals surface area contributed by atoms with Gasteiger partial charge in [-0.3, -0.25) is 0 Å². The summed E-state index contributed by atoms with van der Waals surface area (Å²) in [5, 5.41) is 0. The second-order valence-corrected chi connectivity index (χ2v) is 3.02. The summed E-state index contributed by atoms with van der Waals surface area (Å²) in [5.41, 5.74) is 0. The Kier molecular flexibility index (Phi) is 5.35. The summed E-state index contributed by atoms with van der Waals surface area (Å²) in [4.78, 5) is 0. The topological polar surface area (TPSA) is 0 Å². The fourth-order valence-electron chi connectivity index (χ4n) is 1.20. The van der Waals surface area contributed by atoms with Gasteiger partial charge in [-0.2, -0.15) is 0 Å². The average molecular weight is 161 g/mol. The molecule has 0 aromatic heterocycles. The van der Waals surface area contributed by atoms with Gasteiger partial charge in [-0.15, -0.1) is 0 Å². The molecule has 0 amide bonds. The standard InChI is InChI=1S/C12H17/c1-2-4-6-8-10-12-11-9-7-5-3-1/h1-4,7,9,12H,5-6,8,10-11H2/b3-1-,4-2+,9-7+. The van der Waals surface area contributed by atoms with Crippen molar-refractivity contribution in [2.45, 2.75) is 32.1 Å². The van der Waals surface area contributed by atoms with Crippen molar-refractivity contribution >= 4 is 0 Å². The lowest BCUT2D eigenvalue weighted by molar-refractivity contribution is 0.810. The Balaban J connectivity index is 2.31. The molecular formula is C12H17. The van der Waals surface area contributed by atoms with E-state index < -0.39 is 0 Å². The molecule has 0 heterocycles. The summed E-state index contributed by atoms with van der Waals surface area (Å²) in [6.45, 7) is 0. The molecule has 12 heavy (non-hydrogen) atoms. The lowest BCUT2D eigenvalue weighted by Gasteiger charge is -1.95. The lowest BCUT2D eigenvalue weighted by Crippen LogP contribution is -1.76. The van der Waals surface area contributed by atoms with Crippen LogP contribution in [-0.4, -0.2) is 0 Å². The maximum atomic E-state index is 2.36. The molecule has 1 aliphatic carbocycles. The summed E-state index contributed by atoms with van der Waals surface area (Å²) in [6, 6.07) is 0. The summed E-state index contributed by atoms with van der Waals surface area (Å²) < 4.78 is 0. The van der Waals surface area contributed by atoms with Crippen molar-refractivity contribution in [2.24, 2.45) is 0 Å². The third-order valence-electron chi connectivity index (χ3n) is 1.90. The predicted octanol–water partition coefficient (Wildman–Crippen LogP) is 3.82. The average Bonchev–Trinajstić information content (AvgIpc) is 2.05. The molecule has 0 saturated carbocycles. The molecule has 0 atom stereocenters. The molecule has 0 bridgehead atoms. The monoisotopic (exact) mass is 161 g/mol. The zero-order valence-electron chi connectivity index (χ0n) is 7.58. The van der Waals surface area contributed by atoms with Crippen molar-refractivity contribution in [3.8, 4) is 0 Å². The van der Waals surface area contributed by atoms with Crippen LogP contribution in [0, 0.1) is 6.42 Å². The van der Waals surface area contributed by atoms with Gasteiger partial charge in [-0.1, -0.05) is 36.5 Å². The molecule has 0 N–H and O–H groups in total. The van der Waals surface area contributed by atoms with Crippen molar-refractivity contribution in [3.05, 3.63) is 42.9 Å². The van der Waals surface area contributed by atoms with Gasteiger partial charge >= 0.3 is 0 Å². The van der Waals surface area contributed by atoms with E-state index in [9.17, 15) is 0 Å². The van der Waals surface area contributed by atoms with Gasteiger partial charge in [0.25, 0.3) is 0 Å². The first-order valence-corrected chi connectivity index (χ1v) is 4.78. The Hall–Kier alpha value is -0.780. The smallest absolute Gasteiger partial charge is 0.0166 e. The Morgan fingerprint density at radius 2 is 1.50 bits per heavy atom. The highest BCUT2D eigenvalue weighted by atomic mass is 13.9. The minimum atomic E-state index is 1.07. The molecule has 0 aliphatic heterocycles. The first-order chi connectivity index (χ1) is 6.00. The van der Waals surface area contributed by atoms with Gasteiger partial charge in [0.2, 0.25) is 0 Å². The summed E-state index contributed by atoms with van der Waals surface area (Å²) in [6.07, 6.45) is 21.5. The van der Waals surface area contributed by atoms with Crippen molar-refractivity contribution in [1.29, 1.82) is 0 Å². The fraction of sp³-hybridized carbons (Fsp3) is 0.417. The Labute approximate surface area is 75.7 Å². The molecule has 0 saturated heterocycles. The molecule has 0 unspecified atom stereocenters. The van der Waals surface area contributed by atoms with Crippen molar-refractivity contribution in [3.63, 3.8) is 0 Å². The number of hydrogen-bond acceptors (Lipinski definition) is 0. The predicted molar refractivity (Wildman–Crippen MR) is 54.8 cm³/mol. The minimum absolute atomic E-state index is 1.07. The number of rotatable bonds is 0. The van der Waals surface area contributed by atoms with Gasteiger partial charge in [0.1, 0.15) is 0 Å². The van der Waals surface area contributed by atoms with Gasteiger partial charge in [0.05, 0.1) is 0 Å². The van der Waals surface area contributed by atoms with Crippen LogP contribution in [0.2, 0.25) is 0 Å². The maximum Gasteiger partial charge on any atom is -0.0166 e. The van der Waals surface area contributed by atoms with E-state index in [0.29, 0.717) is 0 Å². The largest absolute Gasteiger partial charge is 0.0879 e. The van der Waals surface area contributed by atoms with Crippen LogP contribution in [-0.2, 0) is 0 Å². The van der Waals surface area contributed by atoms with E-state index in [4.69, 9.17) is 0 Å². The van der Waals surface area contributed by atoms with Crippen LogP contribution >= 0.6 is 0 Å². The van der Waals surface area contributed by atoms with Crippen molar-refractivity contribution in [1.82, 2.24) is 0 Å². The maximum absolute atomic E-state index is 2.36. The van der Waals surface area contributed by atoms with Crippen LogP contribution < -0.4 is 0 Å². The highest BCUT2D eigenvalue weighted by Crippen LogP contribution is 2.04. The van der Waals surface area contributed by atoms with Gasteiger partial charge < -0.3 is 0 Å². The highest BCUT2D eigenvalue weighted by Gasteiger charge is 1.86. The van der Waals surface area contributed by atoms with E-state index in [2.05, 4.69) is 42.9 Å². The molecule has 1 aliphatic rings. The quantitative estimate of drug-likeness (QED) is 0.474. The van der Waals surface area contributed by atoms with Gasteiger partial charge in [-0.05, 0) is 38.5 Å². The molecule has 0 fully saturated rings. The SMILES string of the molecule is [CH]1C/C=C/C/C=C\C=C\CCC1. The second-order valence-electron chi connectivity index (χ2n) is 3.02. The van der Waals surface area contributed by atoms with Crippen molar-refractivity contribution < 1.29 is 0 Å². The molecule has 0 aromatic rings. The van der Waals surface area contributed by atoms with Gasteiger partial charge in [0, 0.05) is 0 Å². The Bertz CT molecular complexity index is 172. The van der Waals surface area contributed by atoms with Gasteiger partial charge in [0.15, 0.2) is 0 Å². The minimum Gasteiger partial charge on any atom is -0.0879 e. The highest BCUT2D eigenvalue weighted by molar-refractivity contribution is 5.05. The Morgan fingerprint density at radius 1 is 0.667 bits per heavy atom. The molecular weight excluding hydrogens is 144 g/mol. The zero-order chi connectivity index (χ0) is 8.49. The summed E-state index contributed by atoms with van der Waals surface area (Å²) in [5.74, 6) is 0. The summed E-state index contributed by atoms with van der Waals surface area (Å²) in [7, 11) is 0. The van der Waals surface area contributed by atoms with E-state index in [-0.39, 0.29) is 0 Å². The molecule has 0 nitrogen and oxygen atoms in total. The molecule has 65 valence electrons. The third kappa shape index (κ3) is 4.95. The molecule has 0 spiro atoms. The number of allylic oxidation sites excluding steroid dienone is 6. The van der Waals surface area contributed by atoms with Crippen LogP contribution in [0.25, 0.3) is 0 Å². The Morgan fingerprint density at radius 3 is 2.50 bits per heavy atom. The van der Waals surface area contributed by atoms with E-state index >= 15 is 0 Å². The first-order valence-electron chi connectivity index (χ1n) is 4.78. The van der Waals surface area contributed by atoms with E-state index in [1.165, 1.54) is 19.3 Å². The molecule has 0 heteroatoms. The van der Waals surface area contributed by atoms with Crippen LogP contribution in [0.15, 0.2) is 36.5 Å². The van der Waals surface area contributed by atoms with Crippen molar-refractivity contribution in [2.75, 3.05) is 0 Å². The first kappa shape index (κ1) is 9.31. The fourth-order valence-corrected chi connectivity index (χ4v) is 1.20. The molecule has 0 aromatic carbocycles. The normalized spacial score (nSPS) is 28.0.